The van der Waals surface area contributed by atoms with E-state index in [1.54, 1.807) is 6.07 Å². The summed E-state index contributed by atoms with van der Waals surface area (Å²) in [7, 11) is 1.47. The lowest BCUT2D eigenvalue weighted by atomic mass is 10.2. The van der Waals surface area contributed by atoms with Gasteiger partial charge in [-0.15, -0.1) is 0 Å². The molecule has 2 rings (SSSR count). The number of carbonyl (C=O) groups is 1. The Morgan fingerprint density at radius 2 is 2.37 bits per heavy atom. The lowest BCUT2D eigenvalue weighted by molar-refractivity contribution is 0.0609. The number of hydrogen-bond donors (Lipinski definition) is 2. The molecule has 1 unspecified atom stereocenters. The van der Waals surface area contributed by atoms with Crippen molar-refractivity contribution >= 4 is 17.5 Å². The number of amides is 1. The van der Waals surface area contributed by atoms with Crippen molar-refractivity contribution in [1.82, 2.24) is 5.32 Å². The number of aliphatic hydroxyl groups excluding tert-OH is 1. The standard InChI is InChI=1S/C12H14ClNO5/c1-17-5-8(15)4-14-12(16)7-2-9(13)11-10(3-7)18-6-19-11/h2-3,8,15H,4-6H2,1H3,(H,14,16). The molecule has 1 aromatic rings. The van der Waals surface area contributed by atoms with Gasteiger partial charge in [0.15, 0.2) is 11.5 Å². The number of ether oxygens (including phenoxy) is 3. The summed E-state index contributed by atoms with van der Waals surface area (Å²) in [5.41, 5.74) is 0.346. The maximum absolute atomic E-state index is 11.9. The van der Waals surface area contributed by atoms with E-state index >= 15 is 0 Å². The first-order valence-electron chi connectivity index (χ1n) is 5.66. The predicted octanol–water partition coefficient (Wildman–Crippen LogP) is 0.806. The van der Waals surface area contributed by atoms with Gasteiger partial charge in [0.05, 0.1) is 17.7 Å². The molecule has 1 amide bonds. The van der Waals surface area contributed by atoms with Crippen LogP contribution in [0.15, 0.2) is 12.1 Å². The van der Waals surface area contributed by atoms with Crippen LogP contribution in [0.25, 0.3) is 0 Å². The fraction of sp³-hybridized carbons (Fsp3) is 0.417. The van der Waals surface area contributed by atoms with Gasteiger partial charge in [-0.3, -0.25) is 4.79 Å². The largest absolute Gasteiger partial charge is 0.454 e. The Hall–Kier alpha value is -1.50. The van der Waals surface area contributed by atoms with Crippen LogP contribution >= 0.6 is 11.6 Å². The van der Waals surface area contributed by atoms with Crippen LogP contribution in [0.3, 0.4) is 0 Å². The van der Waals surface area contributed by atoms with Gasteiger partial charge >= 0.3 is 0 Å². The molecule has 6 nitrogen and oxygen atoms in total. The number of carbonyl (C=O) groups excluding carboxylic acids is 1. The minimum Gasteiger partial charge on any atom is -0.454 e. The number of nitrogens with one attached hydrogen (secondary N) is 1. The summed E-state index contributed by atoms with van der Waals surface area (Å²) in [6.07, 6.45) is -0.751. The maximum Gasteiger partial charge on any atom is 0.251 e. The van der Waals surface area contributed by atoms with E-state index in [-0.39, 0.29) is 25.9 Å². The van der Waals surface area contributed by atoms with Crippen LogP contribution in [0.5, 0.6) is 11.5 Å². The normalized spacial score (nSPS) is 14.3. The number of benzene rings is 1. The highest BCUT2D eigenvalue weighted by atomic mass is 35.5. The van der Waals surface area contributed by atoms with E-state index in [4.69, 9.17) is 25.8 Å². The zero-order valence-corrected chi connectivity index (χ0v) is 11.1. The Morgan fingerprint density at radius 1 is 1.58 bits per heavy atom. The summed E-state index contributed by atoms with van der Waals surface area (Å²) in [4.78, 5) is 11.9. The van der Waals surface area contributed by atoms with Crippen molar-refractivity contribution in [3.8, 4) is 11.5 Å². The second-order valence-corrected chi connectivity index (χ2v) is 4.42. The molecule has 0 fully saturated rings. The number of methoxy groups -OCH3 is 1. The molecule has 0 spiro atoms. The van der Waals surface area contributed by atoms with Crippen LogP contribution in [0.2, 0.25) is 5.02 Å². The predicted molar refractivity (Wildman–Crippen MR) is 67.8 cm³/mol. The molecule has 1 aliphatic rings. The minimum atomic E-state index is -0.751. The van der Waals surface area contributed by atoms with Crippen LogP contribution in [-0.2, 0) is 4.74 Å². The maximum atomic E-state index is 11.9. The third-order valence-corrected chi connectivity index (χ3v) is 2.83. The van der Waals surface area contributed by atoms with E-state index in [0.29, 0.717) is 22.1 Å². The zero-order chi connectivity index (χ0) is 13.8. The van der Waals surface area contributed by atoms with Gasteiger partial charge in [0.2, 0.25) is 6.79 Å². The first-order valence-corrected chi connectivity index (χ1v) is 6.04. The lowest BCUT2D eigenvalue weighted by Crippen LogP contribution is -2.34. The monoisotopic (exact) mass is 287 g/mol. The Morgan fingerprint density at radius 3 is 3.11 bits per heavy atom. The second kappa shape index (κ2) is 6.10. The Kier molecular flexibility index (Phi) is 4.47. The third kappa shape index (κ3) is 3.28. The van der Waals surface area contributed by atoms with Crippen molar-refractivity contribution in [2.45, 2.75) is 6.10 Å². The summed E-state index contributed by atoms with van der Waals surface area (Å²) in [5, 5.41) is 12.3. The summed E-state index contributed by atoms with van der Waals surface area (Å²) in [6.45, 7) is 0.341. The number of hydrogen-bond acceptors (Lipinski definition) is 5. The van der Waals surface area contributed by atoms with E-state index in [0.717, 1.165) is 0 Å². The van der Waals surface area contributed by atoms with Crippen molar-refractivity contribution in [2.24, 2.45) is 0 Å². The first-order chi connectivity index (χ1) is 9.11. The summed E-state index contributed by atoms with van der Waals surface area (Å²) < 4.78 is 15.1. The molecule has 0 saturated carbocycles. The lowest BCUT2D eigenvalue weighted by Gasteiger charge is -2.11. The molecule has 2 N–H and O–H groups in total. The molecular formula is C12H14ClNO5. The molecule has 0 aliphatic carbocycles. The quantitative estimate of drug-likeness (QED) is 0.838. The van der Waals surface area contributed by atoms with Crippen LogP contribution in [0.4, 0.5) is 0 Å². The average molecular weight is 288 g/mol. The molecule has 7 heteroatoms. The summed E-state index contributed by atoms with van der Waals surface area (Å²) in [5.74, 6) is 0.531. The third-order valence-electron chi connectivity index (χ3n) is 2.55. The molecule has 1 aromatic carbocycles. The van der Waals surface area contributed by atoms with Gasteiger partial charge in [-0.2, -0.15) is 0 Å². The van der Waals surface area contributed by atoms with Gasteiger partial charge in [-0.05, 0) is 12.1 Å². The van der Waals surface area contributed by atoms with E-state index in [2.05, 4.69) is 5.32 Å². The Bertz CT molecular complexity index is 479. The van der Waals surface area contributed by atoms with Gasteiger partial charge < -0.3 is 24.6 Å². The topological polar surface area (TPSA) is 77.0 Å². The fourth-order valence-corrected chi connectivity index (χ4v) is 1.93. The molecule has 0 bridgehead atoms. The highest BCUT2D eigenvalue weighted by Crippen LogP contribution is 2.39. The minimum absolute atomic E-state index is 0.0900. The molecule has 0 aromatic heterocycles. The highest BCUT2D eigenvalue weighted by molar-refractivity contribution is 6.32. The Balaban J connectivity index is 2.02. The van der Waals surface area contributed by atoms with Gasteiger partial charge in [-0.1, -0.05) is 11.6 Å². The molecule has 1 heterocycles. The number of fused-ring (bicyclic) bond motifs is 1. The molecule has 1 aliphatic heterocycles. The van der Waals surface area contributed by atoms with E-state index in [1.165, 1.54) is 13.2 Å². The van der Waals surface area contributed by atoms with Crippen molar-refractivity contribution in [3.63, 3.8) is 0 Å². The van der Waals surface area contributed by atoms with E-state index in [9.17, 15) is 9.90 Å². The Labute approximate surface area is 115 Å². The van der Waals surface area contributed by atoms with E-state index in [1.807, 2.05) is 0 Å². The smallest absolute Gasteiger partial charge is 0.251 e. The summed E-state index contributed by atoms with van der Waals surface area (Å²) >= 11 is 5.98. The van der Waals surface area contributed by atoms with Gasteiger partial charge in [0.25, 0.3) is 5.91 Å². The zero-order valence-electron chi connectivity index (χ0n) is 10.3. The SMILES string of the molecule is COCC(O)CNC(=O)c1cc(Cl)c2c(c1)OCO2. The van der Waals surface area contributed by atoms with Crippen LogP contribution in [-0.4, -0.2) is 44.2 Å². The van der Waals surface area contributed by atoms with Crippen molar-refractivity contribution in [3.05, 3.63) is 22.7 Å². The number of halogens is 1. The van der Waals surface area contributed by atoms with Crippen LogP contribution < -0.4 is 14.8 Å². The second-order valence-electron chi connectivity index (χ2n) is 4.01. The van der Waals surface area contributed by atoms with Gasteiger partial charge in [0, 0.05) is 19.2 Å². The molecule has 0 radical (unpaired) electrons. The molecule has 0 saturated heterocycles. The van der Waals surface area contributed by atoms with Crippen molar-refractivity contribution in [1.29, 1.82) is 0 Å². The highest BCUT2D eigenvalue weighted by Gasteiger charge is 2.20. The van der Waals surface area contributed by atoms with Gasteiger partial charge in [0.1, 0.15) is 0 Å². The van der Waals surface area contributed by atoms with Crippen molar-refractivity contribution in [2.75, 3.05) is 27.1 Å². The average Bonchev–Trinajstić information content (AvgIpc) is 2.85. The van der Waals surface area contributed by atoms with Crippen LogP contribution in [0.1, 0.15) is 10.4 Å². The molecule has 19 heavy (non-hydrogen) atoms. The molecule has 104 valence electrons. The molecule has 1 atom stereocenters. The first kappa shape index (κ1) is 13.9. The summed E-state index contributed by atoms with van der Waals surface area (Å²) in [6, 6.07) is 3.04. The fourth-order valence-electron chi connectivity index (χ4n) is 1.66. The number of aliphatic hydroxyl groups is 1. The van der Waals surface area contributed by atoms with Crippen LogP contribution in [0, 0.1) is 0 Å². The van der Waals surface area contributed by atoms with E-state index < -0.39 is 6.10 Å². The number of rotatable bonds is 5. The van der Waals surface area contributed by atoms with Gasteiger partial charge in [-0.25, -0.2) is 0 Å². The van der Waals surface area contributed by atoms with Crippen molar-refractivity contribution < 1.29 is 24.1 Å². The molecular weight excluding hydrogens is 274 g/mol.